The number of aromatic nitrogens is 3. The number of amides is 1. The first-order chi connectivity index (χ1) is 13.2. The van der Waals surface area contributed by atoms with Crippen molar-refractivity contribution in [2.75, 3.05) is 18.8 Å². The van der Waals surface area contributed by atoms with Crippen molar-refractivity contribution in [3.05, 3.63) is 40.7 Å². The van der Waals surface area contributed by atoms with E-state index in [9.17, 15) is 13.2 Å². The zero-order valence-electron chi connectivity index (χ0n) is 16.8. The second-order valence-corrected chi connectivity index (χ2v) is 9.52. The number of sulfonamides is 1. The average molecular weight is 406 g/mol. The summed E-state index contributed by atoms with van der Waals surface area (Å²) in [4.78, 5) is 14.2. The Labute approximate surface area is 166 Å². The molecule has 9 heteroatoms. The van der Waals surface area contributed by atoms with Gasteiger partial charge in [-0.2, -0.15) is 9.90 Å². The van der Waals surface area contributed by atoms with Crippen LogP contribution in [0.25, 0.3) is 5.69 Å². The monoisotopic (exact) mass is 405 g/mol. The molecule has 1 aromatic carbocycles. The maximum atomic E-state index is 12.7. The van der Waals surface area contributed by atoms with E-state index in [2.05, 4.69) is 15.5 Å². The minimum atomic E-state index is -3.17. The van der Waals surface area contributed by atoms with E-state index in [1.165, 1.54) is 9.10 Å². The van der Waals surface area contributed by atoms with Crippen LogP contribution in [0, 0.1) is 20.8 Å². The van der Waals surface area contributed by atoms with Crippen LogP contribution in [0.2, 0.25) is 0 Å². The molecule has 1 N–H and O–H groups in total. The minimum Gasteiger partial charge on any atom is -0.348 e. The third-order valence-electron chi connectivity index (χ3n) is 5.11. The van der Waals surface area contributed by atoms with Crippen LogP contribution >= 0.6 is 0 Å². The summed E-state index contributed by atoms with van der Waals surface area (Å²) in [5.41, 5.74) is 3.88. The Morgan fingerprint density at radius 3 is 2.46 bits per heavy atom. The molecule has 2 heterocycles. The van der Waals surface area contributed by atoms with Gasteiger partial charge in [-0.3, -0.25) is 4.79 Å². The van der Waals surface area contributed by atoms with Crippen LogP contribution in [-0.2, 0) is 10.0 Å². The molecule has 0 atom stereocenters. The normalized spacial score (nSPS) is 16.3. The van der Waals surface area contributed by atoms with Gasteiger partial charge in [-0.25, -0.2) is 12.7 Å². The molecule has 1 aromatic heterocycles. The van der Waals surface area contributed by atoms with Crippen molar-refractivity contribution in [2.24, 2.45) is 0 Å². The molecule has 8 nitrogen and oxygen atoms in total. The lowest BCUT2D eigenvalue weighted by molar-refractivity contribution is 0.0917. The van der Waals surface area contributed by atoms with Gasteiger partial charge in [0.15, 0.2) is 5.69 Å². The Kier molecular flexibility index (Phi) is 5.85. The van der Waals surface area contributed by atoms with E-state index in [4.69, 9.17) is 0 Å². The van der Waals surface area contributed by atoms with Gasteiger partial charge in [0.2, 0.25) is 10.0 Å². The van der Waals surface area contributed by atoms with Gasteiger partial charge in [0.25, 0.3) is 5.91 Å². The van der Waals surface area contributed by atoms with E-state index in [1.807, 2.05) is 32.0 Å². The molecule has 0 saturated carbocycles. The molecule has 3 rings (SSSR count). The van der Waals surface area contributed by atoms with Crippen molar-refractivity contribution in [1.29, 1.82) is 0 Å². The van der Waals surface area contributed by atoms with E-state index in [1.54, 1.807) is 13.8 Å². The molecule has 2 aromatic rings. The predicted molar refractivity (Wildman–Crippen MR) is 107 cm³/mol. The minimum absolute atomic E-state index is 0.0681. The summed E-state index contributed by atoms with van der Waals surface area (Å²) in [5.74, 6) is -0.171. The van der Waals surface area contributed by atoms with E-state index in [0.29, 0.717) is 37.3 Å². The second kappa shape index (κ2) is 8.00. The Bertz CT molecular complexity index is 975. The van der Waals surface area contributed by atoms with E-state index >= 15 is 0 Å². The van der Waals surface area contributed by atoms with Crippen molar-refractivity contribution in [2.45, 2.75) is 46.6 Å². The molecule has 1 aliphatic rings. The van der Waals surface area contributed by atoms with Gasteiger partial charge in [-0.15, -0.1) is 5.10 Å². The molecule has 1 fully saturated rings. The number of hydrogen-bond donors (Lipinski definition) is 1. The number of nitrogens with zero attached hydrogens (tertiary/aromatic N) is 4. The Morgan fingerprint density at radius 1 is 1.18 bits per heavy atom. The topological polar surface area (TPSA) is 97.2 Å². The van der Waals surface area contributed by atoms with Crippen molar-refractivity contribution < 1.29 is 13.2 Å². The standard InChI is InChI=1S/C19H27N5O3S/c1-5-28(26,27)23-10-8-16(9-11-23)20-19(25)18-15(4)21-24(22-18)17-7-6-13(2)12-14(17)3/h6-7,12,16H,5,8-11H2,1-4H3,(H,20,25). The van der Waals surface area contributed by atoms with Crippen molar-refractivity contribution in [1.82, 2.24) is 24.6 Å². The molecule has 0 bridgehead atoms. The Hall–Kier alpha value is -2.26. The van der Waals surface area contributed by atoms with E-state index < -0.39 is 10.0 Å². The van der Waals surface area contributed by atoms with Crippen LogP contribution in [0.4, 0.5) is 0 Å². The first-order valence-corrected chi connectivity index (χ1v) is 11.1. The molecule has 0 unspecified atom stereocenters. The summed E-state index contributed by atoms with van der Waals surface area (Å²) in [6.45, 7) is 8.27. The smallest absolute Gasteiger partial charge is 0.273 e. The summed E-state index contributed by atoms with van der Waals surface area (Å²) < 4.78 is 25.4. The molecule has 0 radical (unpaired) electrons. The van der Waals surface area contributed by atoms with Crippen LogP contribution in [0.1, 0.15) is 47.1 Å². The summed E-state index contributed by atoms with van der Waals surface area (Å²) in [5, 5.41) is 11.8. The lowest BCUT2D eigenvalue weighted by atomic mass is 10.1. The van der Waals surface area contributed by atoms with Crippen LogP contribution in [-0.4, -0.2) is 58.5 Å². The fourth-order valence-electron chi connectivity index (χ4n) is 3.44. The predicted octanol–water partition coefficient (Wildman–Crippen LogP) is 1.74. The van der Waals surface area contributed by atoms with Gasteiger partial charge in [-0.05, 0) is 52.2 Å². The number of carbonyl (C=O) groups is 1. The van der Waals surface area contributed by atoms with E-state index in [-0.39, 0.29) is 17.7 Å². The number of rotatable bonds is 5. The number of piperidine rings is 1. The van der Waals surface area contributed by atoms with Gasteiger partial charge >= 0.3 is 0 Å². The highest BCUT2D eigenvalue weighted by Crippen LogP contribution is 2.17. The Balaban J connectivity index is 1.68. The molecular formula is C19H27N5O3S. The maximum absolute atomic E-state index is 12.7. The number of aryl methyl sites for hydroxylation is 3. The van der Waals surface area contributed by atoms with Crippen LogP contribution in [0.3, 0.4) is 0 Å². The molecule has 28 heavy (non-hydrogen) atoms. The third-order valence-corrected chi connectivity index (χ3v) is 6.99. The first-order valence-electron chi connectivity index (χ1n) is 9.51. The summed E-state index contributed by atoms with van der Waals surface area (Å²) in [7, 11) is -3.17. The van der Waals surface area contributed by atoms with Crippen molar-refractivity contribution in [3.8, 4) is 5.69 Å². The van der Waals surface area contributed by atoms with E-state index in [0.717, 1.165) is 16.8 Å². The van der Waals surface area contributed by atoms with Crippen molar-refractivity contribution in [3.63, 3.8) is 0 Å². The molecule has 152 valence electrons. The van der Waals surface area contributed by atoms with Crippen molar-refractivity contribution >= 4 is 15.9 Å². The zero-order chi connectivity index (χ0) is 20.5. The third kappa shape index (κ3) is 4.25. The summed E-state index contributed by atoms with van der Waals surface area (Å²) in [6, 6.07) is 5.90. The van der Waals surface area contributed by atoms with Gasteiger partial charge in [0.1, 0.15) is 0 Å². The van der Waals surface area contributed by atoms with Crippen LogP contribution < -0.4 is 5.32 Å². The second-order valence-electron chi connectivity index (χ2n) is 7.26. The molecular weight excluding hydrogens is 378 g/mol. The lowest BCUT2D eigenvalue weighted by Gasteiger charge is -2.31. The molecule has 1 aliphatic heterocycles. The van der Waals surface area contributed by atoms with Crippen LogP contribution in [0.15, 0.2) is 18.2 Å². The van der Waals surface area contributed by atoms with Gasteiger partial charge in [0.05, 0.1) is 17.1 Å². The number of carbonyl (C=O) groups excluding carboxylic acids is 1. The summed E-state index contributed by atoms with van der Waals surface area (Å²) in [6.07, 6.45) is 1.18. The number of nitrogens with one attached hydrogen (secondary N) is 1. The molecule has 1 saturated heterocycles. The van der Waals surface area contributed by atoms with Gasteiger partial charge < -0.3 is 5.32 Å². The highest BCUT2D eigenvalue weighted by molar-refractivity contribution is 7.89. The molecule has 0 aliphatic carbocycles. The molecule has 0 spiro atoms. The zero-order valence-corrected chi connectivity index (χ0v) is 17.6. The highest BCUT2D eigenvalue weighted by Gasteiger charge is 2.28. The molecule has 1 amide bonds. The largest absolute Gasteiger partial charge is 0.348 e. The summed E-state index contributed by atoms with van der Waals surface area (Å²) >= 11 is 0. The quantitative estimate of drug-likeness (QED) is 0.817. The Morgan fingerprint density at radius 2 is 1.86 bits per heavy atom. The number of hydrogen-bond acceptors (Lipinski definition) is 5. The fourth-order valence-corrected chi connectivity index (χ4v) is 4.57. The average Bonchev–Trinajstić information content (AvgIpc) is 3.03. The SMILES string of the molecule is CCS(=O)(=O)N1CCC(NC(=O)c2nn(-c3ccc(C)cc3C)nc2C)CC1. The first kappa shape index (κ1) is 20.5. The van der Waals surface area contributed by atoms with Gasteiger partial charge in [-0.1, -0.05) is 17.7 Å². The fraction of sp³-hybridized carbons (Fsp3) is 0.526. The number of benzene rings is 1. The van der Waals surface area contributed by atoms with Gasteiger partial charge in [0, 0.05) is 19.1 Å². The van der Waals surface area contributed by atoms with Crippen LogP contribution in [0.5, 0.6) is 0 Å². The maximum Gasteiger partial charge on any atom is 0.273 e. The lowest BCUT2D eigenvalue weighted by Crippen LogP contribution is -2.47. The highest BCUT2D eigenvalue weighted by atomic mass is 32.2.